The predicted molar refractivity (Wildman–Crippen MR) is 103 cm³/mol. The third-order valence-electron chi connectivity index (χ3n) is 5.15. The number of rotatable bonds is 5. The van der Waals surface area contributed by atoms with Crippen LogP contribution in [0.3, 0.4) is 0 Å². The highest BCUT2D eigenvalue weighted by Crippen LogP contribution is 2.25. The van der Waals surface area contributed by atoms with E-state index in [-0.39, 0.29) is 18.4 Å². The third-order valence-corrected chi connectivity index (χ3v) is 5.15. The first-order valence-electron chi connectivity index (χ1n) is 9.93. The molecule has 0 aromatic heterocycles. The van der Waals surface area contributed by atoms with Gasteiger partial charge in [0, 0.05) is 26.2 Å². The summed E-state index contributed by atoms with van der Waals surface area (Å²) < 4.78 is 5.35. The van der Waals surface area contributed by atoms with E-state index in [9.17, 15) is 24.3 Å². The average molecular weight is 412 g/mol. The number of primary amides is 1. The van der Waals surface area contributed by atoms with Crippen molar-refractivity contribution in [2.24, 2.45) is 17.6 Å². The lowest BCUT2D eigenvalue weighted by Gasteiger charge is -2.25. The minimum atomic E-state index is -1.16. The van der Waals surface area contributed by atoms with Gasteiger partial charge in [-0.3, -0.25) is 14.4 Å². The van der Waals surface area contributed by atoms with Gasteiger partial charge < -0.3 is 30.7 Å². The van der Waals surface area contributed by atoms with Gasteiger partial charge in [0.25, 0.3) is 0 Å². The summed E-state index contributed by atoms with van der Waals surface area (Å²) >= 11 is 0. The summed E-state index contributed by atoms with van der Waals surface area (Å²) in [6, 6.07) is -1.16. The Morgan fingerprint density at radius 2 is 1.62 bits per heavy atom. The first kappa shape index (κ1) is 22.9. The molecule has 10 nitrogen and oxygen atoms in total. The Labute approximate surface area is 170 Å². The summed E-state index contributed by atoms with van der Waals surface area (Å²) in [7, 11) is 0. The van der Waals surface area contributed by atoms with E-state index < -0.39 is 41.6 Å². The van der Waals surface area contributed by atoms with Gasteiger partial charge >= 0.3 is 6.09 Å². The number of carbonyl (C=O) groups is 4. The van der Waals surface area contributed by atoms with Crippen molar-refractivity contribution in [3.63, 3.8) is 0 Å². The van der Waals surface area contributed by atoms with Crippen LogP contribution in [0.25, 0.3) is 0 Å². The highest BCUT2D eigenvalue weighted by molar-refractivity contribution is 5.89. The van der Waals surface area contributed by atoms with Gasteiger partial charge in [0.2, 0.25) is 17.7 Å². The molecule has 0 spiro atoms. The number of aliphatic hydroxyl groups is 1. The van der Waals surface area contributed by atoms with Gasteiger partial charge in [-0.2, -0.15) is 0 Å². The number of hydrogen-bond acceptors (Lipinski definition) is 6. The van der Waals surface area contributed by atoms with Crippen LogP contribution in [0.5, 0.6) is 0 Å². The van der Waals surface area contributed by atoms with Crippen LogP contribution in [0.4, 0.5) is 4.79 Å². The second-order valence-electron chi connectivity index (χ2n) is 8.81. The van der Waals surface area contributed by atoms with Gasteiger partial charge in [0.15, 0.2) is 0 Å². The molecule has 2 fully saturated rings. The monoisotopic (exact) mass is 412 g/mol. The predicted octanol–water partition coefficient (Wildman–Crippen LogP) is -0.557. The first-order chi connectivity index (χ1) is 13.4. The van der Waals surface area contributed by atoms with Crippen molar-refractivity contribution >= 4 is 23.8 Å². The van der Waals surface area contributed by atoms with Crippen molar-refractivity contribution in [3.8, 4) is 0 Å². The van der Waals surface area contributed by atoms with E-state index in [1.807, 2.05) is 0 Å². The van der Waals surface area contributed by atoms with Crippen LogP contribution >= 0.6 is 0 Å². The van der Waals surface area contributed by atoms with Gasteiger partial charge in [-0.1, -0.05) is 0 Å². The Morgan fingerprint density at radius 1 is 1.07 bits per heavy atom. The van der Waals surface area contributed by atoms with Crippen molar-refractivity contribution in [1.29, 1.82) is 0 Å². The van der Waals surface area contributed by atoms with E-state index in [4.69, 9.17) is 10.5 Å². The number of aliphatic hydroxyl groups excluding tert-OH is 1. The second kappa shape index (κ2) is 8.98. The molecule has 2 rings (SSSR count). The Hall–Kier alpha value is -2.36. The lowest BCUT2D eigenvalue weighted by Crippen LogP contribution is -2.52. The SMILES string of the molecule is C[C@@H](O)[C@H](NC(=O)[C@@H]1CCN(C(=O)[C@H]2CCN(C(=O)OC(C)(C)C)C2)C1)C(N)=O. The largest absolute Gasteiger partial charge is 0.444 e. The highest BCUT2D eigenvalue weighted by Gasteiger charge is 2.39. The summed E-state index contributed by atoms with van der Waals surface area (Å²) in [6.45, 7) is 8.16. The Bertz CT molecular complexity index is 660. The van der Waals surface area contributed by atoms with Gasteiger partial charge in [-0.15, -0.1) is 0 Å². The smallest absolute Gasteiger partial charge is 0.410 e. The molecule has 29 heavy (non-hydrogen) atoms. The molecule has 2 aliphatic heterocycles. The standard InChI is InChI=1S/C19H32N4O6/c1-11(24)14(15(20)25)21-16(26)12-5-7-22(9-12)17(27)13-6-8-23(10-13)18(28)29-19(2,3)4/h11-14,24H,5-10H2,1-4H3,(H2,20,25)(H,21,26)/t11-,12-,13+,14+/m1/s1. The van der Waals surface area contributed by atoms with Crippen LogP contribution in [0, 0.1) is 11.8 Å². The molecule has 4 amide bonds. The lowest BCUT2D eigenvalue weighted by atomic mass is 10.1. The van der Waals surface area contributed by atoms with Gasteiger partial charge in [0.1, 0.15) is 11.6 Å². The molecule has 10 heteroatoms. The topological polar surface area (TPSA) is 142 Å². The van der Waals surface area contributed by atoms with Crippen LogP contribution < -0.4 is 11.1 Å². The molecule has 2 heterocycles. The number of hydrogen-bond donors (Lipinski definition) is 3. The third kappa shape index (κ3) is 6.06. The van der Waals surface area contributed by atoms with Gasteiger partial charge in [-0.05, 0) is 40.5 Å². The van der Waals surface area contributed by atoms with Crippen molar-refractivity contribution in [2.75, 3.05) is 26.2 Å². The van der Waals surface area contributed by atoms with Crippen LogP contribution in [0.1, 0.15) is 40.5 Å². The molecule has 0 radical (unpaired) electrons. The molecule has 0 unspecified atom stereocenters. The number of nitrogens with two attached hydrogens (primary N) is 1. The molecule has 0 bridgehead atoms. The summed E-state index contributed by atoms with van der Waals surface area (Å²) in [5.41, 5.74) is 4.60. The average Bonchev–Trinajstić information content (AvgIpc) is 3.26. The highest BCUT2D eigenvalue weighted by atomic mass is 16.6. The molecule has 164 valence electrons. The van der Waals surface area contributed by atoms with E-state index in [0.29, 0.717) is 32.5 Å². The molecular weight excluding hydrogens is 380 g/mol. The van der Waals surface area contributed by atoms with Crippen molar-refractivity contribution in [1.82, 2.24) is 15.1 Å². The lowest BCUT2D eigenvalue weighted by molar-refractivity contribution is -0.135. The Kier molecular flexibility index (Phi) is 7.10. The molecule has 0 aliphatic carbocycles. The molecular formula is C19H32N4O6. The number of ether oxygens (including phenoxy) is 1. The first-order valence-corrected chi connectivity index (χ1v) is 9.93. The fraction of sp³-hybridized carbons (Fsp3) is 0.789. The molecule has 0 saturated carbocycles. The summed E-state index contributed by atoms with van der Waals surface area (Å²) in [5.74, 6) is -2.10. The van der Waals surface area contributed by atoms with E-state index in [0.717, 1.165) is 0 Å². The maximum Gasteiger partial charge on any atom is 0.410 e. The molecule has 4 N–H and O–H groups in total. The summed E-state index contributed by atoms with van der Waals surface area (Å²) in [4.78, 5) is 51.9. The Morgan fingerprint density at radius 3 is 2.17 bits per heavy atom. The molecule has 2 aliphatic rings. The normalized spacial score (nSPS) is 24.2. The summed E-state index contributed by atoms with van der Waals surface area (Å²) in [6.07, 6.45) is -0.516. The van der Waals surface area contributed by atoms with Crippen LogP contribution in [-0.4, -0.2) is 82.6 Å². The minimum Gasteiger partial charge on any atom is -0.444 e. The zero-order valence-corrected chi connectivity index (χ0v) is 17.5. The number of nitrogens with one attached hydrogen (secondary N) is 1. The quantitative estimate of drug-likeness (QED) is 0.553. The van der Waals surface area contributed by atoms with Crippen LogP contribution in [-0.2, 0) is 19.1 Å². The van der Waals surface area contributed by atoms with Crippen molar-refractivity contribution in [3.05, 3.63) is 0 Å². The van der Waals surface area contributed by atoms with Crippen LogP contribution in [0.15, 0.2) is 0 Å². The zero-order valence-electron chi connectivity index (χ0n) is 17.5. The molecule has 0 aromatic rings. The fourth-order valence-electron chi connectivity index (χ4n) is 3.59. The molecule has 4 atom stereocenters. The number of likely N-dealkylation sites (tertiary alicyclic amines) is 2. The van der Waals surface area contributed by atoms with Crippen molar-refractivity contribution in [2.45, 2.75) is 58.3 Å². The maximum atomic E-state index is 12.8. The van der Waals surface area contributed by atoms with E-state index >= 15 is 0 Å². The summed E-state index contributed by atoms with van der Waals surface area (Å²) in [5, 5.41) is 12.0. The molecule has 2 saturated heterocycles. The van der Waals surface area contributed by atoms with E-state index in [1.165, 1.54) is 11.8 Å². The van der Waals surface area contributed by atoms with Gasteiger partial charge in [-0.25, -0.2) is 4.79 Å². The fourth-order valence-corrected chi connectivity index (χ4v) is 3.59. The minimum absolute atomic E-state index is 0.0895. The molecule has 0 aromatic carbocycles. The number of amides is 4. The zero-order chi connectivity index (χ0) is 21.9. The van der Waals surface area contributed by atoms with Gasteiger partial charge in [0.05, 0.1) is 17.9 Å². The number of carbonyl (C=O) groups excluding carboxylic acids is 4. The number of nitrogens with zero attached hydrogens (tertiary/aromatic N) is 2. The van der Waals surface area contributed by atoms with E-state index in [1.54, 1.807) is 25.7 Å². The Balaban J connectivity index is 1.87. The van der Waals surface area contributed by atoms with E-state index in [2.05, 4.69) is 5.32 Å². The van der Waals surface area contributed by atoms with Crippen molar-refractivity contribution < 1.29 is 29.0 Å². The maximum absolute atomic E-state index is 12.8. The second-order valence-corrected chi connectivity index (χ2v) is 8.81. The van der Waals surface area contributed by atoms with Crippen LogP contribution in [0.2, 0.25) is 0 Å².